The third-order valence-corrected chi connectivity index (χ3v) is 2.75. The number of anilines is 1. The molecule has 0 aliphatic heterocycles. The SMILES string of the molecule is Nc1cccc(OCCOc2cc(Cl)cc(Cl)c2)c1. The van der Waals surface area contributed by atoms with Gasteiger partial charge in [-0.3, -0.25) is 0 Å². The Balaban J connectivity index is 1.80. The largest absolute Gasteiger partial charge is 0.490 e. The summed E-state index contributed by atoms with van der Waals surface area (Å²) in [5.41, 5.74) is 6.31. The van der Waals surface area contributed by atoms with Crippen LogP contribution in [-0.4, -0.2) is 13.2 Å². The minimum absolute atomic E-state index is 0.394. The normalized spacial score (nSPS) is 10.2. The molecule has 2 aromatic carbocycles. The van der Waals surface area contributed by atoms with Crippen molar-refractivity contribution in [2.75, 3.05) is 18.9 Å². The molecule has 100 valence electrons. The molecule has 0 spiro atoms. The van der Waals surface area contributed by atoms with E-state index < -0.39 is 0 Å². The number of hydrogen-bond acceptors (Lipinski definition) is 3. The number of nitrogen functional groups attached to an aromatic ring is 1. The van der Waals surface area contributed by atoms with Gasteiger partial charge in [0.15, 0.2) is 0 Å². The molecule has 2 aromatic rings. The Hall–Kier alpha value is -1.58. The lowest BCUT2D eigenvalue weighted by atomic mass is 10.3. The van der Waals surface area contributed by atoms with Crippen LogP contribution in [0.2, 0.25) is 10.0 Å². The molecule has 2 N–H and O–H groups in total. The van der Waals surface area contributed by atoms with E-state index in [-0.39, 0.29) is 0 Å². The summed E-state index contributed by atoms with van der Waals surface area (Å²) in [6, 6.07) is 12.3. The lowest BCUT2D eigenvalue weighted by Gasteiger charge is -2.09. The van der Waals surface area contributed by atoms with Gasteiger partial charge < -0.3 is 15.2 Å². The molecule has 2 rings (SSSR count). The van der Waals surface area contributed by atoms with Crippen LogP contribution in [0, 0.1) is 0 Å². The maximum absolute atomic E-state index is 5.87. The van der Waals surface area contributed by atoms with E-state index in [0.29, 0.717) is 40.4 Å². The first kappa shape index (κ1) is 13.8. The van der Waals surface area contributed by atoms with Crippen LogP contribution in [0.25, 0.3) is 0 Å². The highest BCUT2D eigenvalue weighted by atomic mass is 35.5. The van der Waals surface area contributed by atoms with E-state index in [1.807, 2.05) is 12.1 Å². The molecule has 0 aromatic heterocycles. The highest BCUT2D eigenvalue weighted by Gasteiger charge is 2.00. The van der Waals surface area contributed by atoms with Crippen LogP contribution >= 0.6 is 23.2 Å². The van der Waals surface area contributed by atoms with Crippen LogP contribution in [-0.2, 0) is 0 Å². The number of rotatable bonds is 5. The van der Waals surface area contributed by atoms with E-state index in [4.69, 9.17) is 38.4 Å². The molecule has 0 amide bonds. The van der Waals surface area contributed by atoms with Crippen molar-refractivity contribution < 1.29 is 9.47 Å². The van der Waals surface area contributed by atoms with Crippen molar-refractivity contribution in [1.29, 1.82) is 0 Å². The van der Waals surface area contributed by atoms with Crippen LogP contribution < -0.4 is 15.2 Å². The fourth-order valence-electron chi connectivity index (χ4n) is 1.54. The van der Waals surface area contributed by atoms with Gasteiger partial charge in [-0.05, 0) is 30.3 Å². The summed E-state index contributed by atoms with van der Waals surface area (Å²) < 4.78 is 11.0. The van der Waals surface area contributed by atoms with E-state index >= 15 is 0 Å². The van der Waals surface area contributed by atoms with Crippen LogP contribution in [0.4, 0.5) is 5.69 Å². The number of hydrogen-bond donors (Lipinski definition) is 1. The monoisotopic (exact) mass is 297 g/mol. The maximum Gasteiger partial charge on any atom is 0.122 e. The highest BCUT2D eigenvalue weighted by Crippen LogP contribution is 2.24. The van der Waals surface area contributed by atoms with E-state index in [0.717, 1.165) is 0 Å². The second-order valence-corrected chi connectivity index (χ2v) is 4.75. The highest BCUT2D eigenvalue weighted by molar-refractivity contribution is 6.34. The van der Waals surface area contributed by atoms with Crippen molar-refractivity contribution >= 4 is 28.9 Å². The topological polar surface area (TPSA) is 44.5 Å². The van der Waals surface area contributed by atoms with Crippen molar-refractivity contribution in [2.24, 2.45) is 0 Å². The van der Waals surface area contributed by atoms with Gasteiger partial charge in [0, 0.05) is 21.8 Å². The Labute approximate surface area is 121 Å². The summed E-state index contributed by atoms with van der Waals surface area (Å²) in [5.74, 6) is 1.33. The van der Waals surface area contributed by atoms with Gasteiger partial charge in [0.2, 0.25) is 0 Å². The summed E-state index contributed by atoms with van der Waals surface area (Å²) in [7, 11) is 0. The zero-order valence-electron chi connectivity index (χ0n) is 10.1. The Kier molecular flexibility index (Phi) is 4.77. The van der Waals surface area contributed by atoms with Gasteiger partial charge in [0.05, 0.1) is 0 Å². The average molecular weight is 298 g/mol. The van der Waals surface area contributed by atoms with Gasteiger partial charge in [-0.2, -0.15) is 0 Å². The van der Waals surface area contributed by atoms with Gasteiger partial charge in [0.25, 0.3) is 0 Å². The molecule has 0 heterocycles. The van der Waals surface area contributed by atoms with Crippen molar-refractivity contribution in [3.8, 4) is 11.5 Å². The smallest absolute Gasteiger partial charge is 0.122 e. The van der Waals surface area contributed by atoms with Crippen LogP contribution in [0.15, 0.2) is 42.5 Å². The predicted octanol–water partition coefficient (Wildman–Crippen LogP) is 4.03. The molecular formula is C14H13Cl2NO2. The van der Waals surface area contributed by atoms with Crippen molar-refractivity contribution in [3.05, 3.63) is 52.5 Å². The molecule has 5 heteroatoms. The van der Waals surface area contributed by atoms with Gasteiger partial charge in [-0.25, -0.2) is 0 Å². The molecule has 0 aliphatic rings. The Morgan fingerprint density at radius 1 is 0.842 bits per heavy atom. The molecule has 0 atom stereocenters. The second kappa shape index (κ2) is 6.55. The first-order valence-electron chi connectivity index (χ1n) is 5.71. The van der Waals surface area contributed by atoms with Crippen molar-refractivity contribution in [2.45, 2.75) is 0 Å². The quantitative estimate of drug-likeness (QED) is 0.669. The van der Waals surface area contributed by atoms with E-state index in [2.05, 4.69) is 0 Å². The van der Waals surface area contributed by atoms with Gasteiger partial charge >= 0.3 is 0 Å². The molecule has 0 saturated heterocycles. The van der Waals surface area contributed by atoms with Crippen LogP contribution in [0.1, 0.15) is 0 Å². The Bertz CT molecular complexity index is 541. The number of ether oxygens (including phenoxy) is 2. The maximum atomic E-state index is 5.87. The molecule has 0 saturated carbocycles. The first-order chi connectivity index (χ1) is 9.13. The van der Waals surface area contributed by atoms with E-state index in [1.54, 1.807) is 30.3 Å². The predicted molar refractivity (Wildman–Crippen MR) is 78.3 cm³/mol. The second-order valence-electron chi connectivity index (χ2n) is 3.87. The van der Waals surface area contributed by atoms with Gasteiger partial charge in [0.1, 0.15) is 24.7 Å². The third kappa shape index (κ3) is 4.54. The number of halogens is 2. The molecule has 19 heavy (non-hydrogen) atoms. The lowest BCUT2D eigenvalue weighted by Crippen LogP contribution is -2.09. The summed E-state index contributed by atoms with van der Waals surface area (Å²) in [5, 5.41) is 1.08. The molecule has 0 unspecified atom stereocenters. The van der Waals surface area contributed by atoms with Gasteiger partial charge in [-0.15, -0.1) is 0 Å². The zero-order valence-corrected chi connectivity index (χ0v) is 11.6. The van der Waals surface area contributed by atoms with Crippen LogP contribution in [0.3, 0.4) is 0 Å². The minimum Gasteiger partial charge on any atom is -0.490 e. The molecule has 0 bridgehead atoms. The summed E-state index contributed by atoms with van der Waals surface area (Å²) in [4.78, 5) is 0. The lowest BCUT2D eigenvalue weighted by molar-refractivity contribution is 0.217. The van der Waals surface area contributed by atoms with E-state index in [9.17, 15) is 0 Å². The molecule has 0 fully saturated rings. The fraction of sp³-hybridized carbons (Fsp3) is 0.143. The zero-order chi connectivity index (χ0) is 13.7. The fourth-order valence-corrected chi connectivity index (χ4v) is 2.04. The molecular weight excluding hydrogens is 285 g/mol. The Morgan fingerprint density at radius 2 is 1.47 bits per heavy atom. The van der Waals surface area contributed by atoms with Gasteiger partial charge in [-0.1, -0.05) is 29.3 Å². The minimum atomic E-state index is 0.394. The molecule has 0 aliphatic carbocycles. The average Bonchev–Trinajstić information content (AvgIpc) is 2.34. The van der Waals surface area contributed by atoms with Crippen molar-refractivity contribution in [1.82, 2.24) is 0 Å². The summed E-state index contributed by atoms with van der Waals surface area (Å²) in [6.07, 6.45) is 0. The first-order valence-corrected chi connectivity index (χ1v) is 6.46. The molecule has 0 radical (unpaired) electrons. The van der Waals surface area contributed by atoms with Crippen molar-refractivity contribution in [3.63, 3.8) is 0 Å². The van der Waals surface area contributed by atoms with Crippen LogP contribution in [0.5, 0.6) is 11.5 Å². The number of nitrogens with two attached hydrogens (primary N) is 1. The standard InChI is InChI=1S/C14H13Cl2NO2/c15-10-6-11(16)8-14(7-10)19-5-4-18-13-3-1-2-12(17)9-13/h1-3,6-9H,4-5,17H2. The summed E-state index contributed by atoms with van der Waals surface area (Å²) in [6.45, 7) is 0.805. The third-order valence-electron chi connectivity index (χ3n) is 2.31. The number of benzene rings is 2. The van der Waals surface area contributed by atoms with E-state index in [1.165, 1.54) is 0 Å². The Morgan fingerprint density at radius 3 is 2.11 bits per heavy atom. The molecule has 3 nitrogen and oxygen atoms in total. The summed E-state index contributed by atoms with van der Waals surface area (Å²) >= 11 is 11.7.